The molecule has 0 fully saturated rings. The van der Waals surface area contributed by atoms with Gasteiger partial charge in [-0.05, 0) is 12.1 Å². The highest BCUT2D eigenvalue weighted by molar-refractivity contribution is 5.95. The molecule has 0 aliphatic carbocycles. The third kappa shape index (κ3) is 4.13. The Morgan fingerprint density at radius 2 is 1.70 bits per heavy atom. The maximum Gasteiger partial charge on any atom is 0.334 e. The van der Waals surface area contributed by atoms with E-state index in [1.165, 1.54) is 33.5 Å². The van der Waals surface area contributed by atoms with E-state index in [2.05, 4.69) is 5.32 Å². The Labute approximate surface area is 116 Å². The zero-order valence-corrected chi connectivity index (χ0v) is 11.5. The Balaban J connectivity index is 2.79. The van der Waals surface area contributed by atoms with E-state index in [9.17, 15) is 9.59 Å². The molecular weight excluding hydrogens is 266 g/mol. The SMILES string of the molecule is COc1cc(OC)cc(C(=O)NCC(OC)C(=O)O)c1. The molecular formula is C13H17NO6. The molecule has 2 N–H and O–H groups in total. The first-order valence-corrected chi connectivity index (χ1v) is 5.78. The molecule has 1 aromatic rings. The molecule has 110 valence electrons. The molecule has 0 aromatic heterocycles. The van der Waals surface area contributed by atoms with Crippen molar-refractivity contribution < 1.29 is 28.9 Å². The summed E-state index contributed by atoms with van der Waals surface area (Å²) >= 11 is 0. The van der Waals surface area contributed by atoms with Crippen LogP contribution in [0.3, 0.4) is 0 Å². The standard InChI is InChI=1S/C13H17NO6/c1-18-9-4-8(5-10(6-9)19-2)12(15)14-7-11(20-3)13(16)17/h4-6,11H,7H2,1-3H3,(H,14,15)(H,16,17). The molecule has 1 rings (SSSR count). The van der Waals surface area contributed by atoms with E-state index < -0.39 is 18.0 Å². The van der Waals surface area contributed by atoms with Crippen molar-refractivity contribution >= 4 is 11.9 Å². The first-order valence-electron chi connectivity index (χ1n) is 5.78. The summed E-state index contributed by atoms with van der Waals surface area (Å²) in [5.41, 5.74) is 0.307. The van der Waals surface area contributed by atoms with Gasteiger partial charge in [-0.3, -0.25) is 4.79 Å². The average molecular weight is 283 g/mol. The van der Waals surface area contributed by atoms with Crippen molar-refractivity contribution in [2.45, 2.75) is 6.10 Å². The summed E-state index contributed by atoms with van der Waals surface area (Å²) in [7, 11) is 4.21. The number of aliphatic carboxylic acids is 1. The molecule has 0 saturated carbocycles. The minimum absolute atomic E-state index is 0.135. The van der Waals surface area contributed by atoms with Crippen LogP contribution in [-0.4, -0.2) is 51.0 Å². The number of carboxylic acid groups (broad SMARTS) is 1. The van der Waals surface area contributed by atoms with E-state index >= 15 is 0 Å². The van der Waals surface area contributed by atoms with Crippen LogP contribution >= 0.6 is 0 Å². The van der Waals surface area contributed by atoms with Gasteiger partial charge in [0, 0.05) is 18.7 Å². The van der Waals surface area contributed by atoms with Crippen molar-refractivity contribution in [2.75, 3.05) is 27.9 Å². The van der Waals surface area contributed by atoms with Crippen molar-refractivity contribution in [2.24, 2.45) is 0 Å². The van der Waals surface area contributed by atoms with Gasteiger partial charge in [-0.1, -0.05) is 0 Å². The molecule has 20 heavy (non-hydrogen) atoms. The molecule has 7 nitrogen and oxygen atoms in total. The molecule has 0 radical (unpaired) electrons. The normalized spacial score (nSPS) is 11.6. The molecule has 7 heteroatoms. The summed E-state index contributed by atoms with van der Waals surface area (Å²) in [6.45, 7) is -0.135. The Morgan fingerprint density at radius 1 is 1.15 bits per heavy atom. The lowest BCUT2D eigenvalue weighted by atomic mass is 10.2. The van der Waals surface area contributed by atoms with Gasteiger partial charge in [0.2, 0.25) is 0 Å². The zero-order chi connectivity index (χ0) is 15.1. The van der Waals surface area contributed by atoms with Crippen molar-refractivity contribution in [3.05, 3.63) is 23.8 Å². The number of rotatable bonds is 7. The number of ether oxygens (including phenoxy) is 3. The molecule has 0 saturated heterocycles. The van der Waals surface area contributed by atoms with Crippen LogP contribution in [0.15, 0.2) is 18.2 Å². The van der Waals surface area contributed by atoms with E-state index in [0.29, 0.717) is 17.1 Å². The minimum atomic E-state index is -1.14. The van der Waals surface area contributed by atoms with Crippen LogP contribution in [0, 0.1) is 0 Å². The average Bonchev–Trinajstić information content (AvgIpc) is 2.46. The minimum Gasteiger partial charge on any atom is -0.497 e. The van der Waals surface area contributed by atoms with Crippen LogP contribution in [-0.2, 0) is 9.53 Å². The smallest absolute Gasteiger partial charge is 0.334 e. The lowest BCUT2D eigenvalue weighted by Crippen LogP contribution is -2.37. The van der Waals surface area contributed by atoms with Gasteiger partial charge in [-0.15, -0.1) is 0 Å². The summed E-state index contributed by atoms with van der Waals surface area (Å²) in [6, 6.07) is 4.69. The summed E-state index contributed by atoms with van der Waals surface area (Å²) in [5.74, 6) is -0.645. The second-order valence-electron chi connectivity index (χ2n) is 3.87. The lowest BCUT2D eigenvalue weighted by molar-refractivity contribution is -0.148. The van der Waals surface area contributed by atoms with Gasteiger partial charge in [0.25, 0.3) is 5.91 Å². The predicted molar refractivity (Wildman–Crippen MR) is 70.3 cm³/mol. The number of hydrogen-bond acceptors (Lipinski definition) is 5. The number of carbonyl (C=O) groups is 2. The second-order valence-corrected chi connectivity index (χ2v) is 3.87. The fourth-order valence-electron chi connectivity index (χ4n) is 1.50. The number of amides is 1. The van der Waals surface area contributed by atoms with Crippen LogP contribution in [0.5, 0.6) is 11.5 Å². The van der Waals surface area contributed by atoms with Crippen molar-refractivity contribution in [1.29, 1.82) is 0 Å². The molecule has 1 atom stereocenters. The van der Waals surface area contributed by atoms with Crippen molar-refractivity contribution in [3.63, 3.8) is 0 Å². The number of carbonyl (C=O) groups excluding carboxylic acids is 1. The Morgan fingerprint density at radius 3 is 2.10 bits per heavy atom. The molecule has 1 unspecified atom stereocenters. The number of nitrogens with one attached hydrogen (secondary N) is 1. The van der Waals surface area contributed by atoms with Crippen molar-refractivity contribution in [1.82, 2.24) is 5.32 Å². The third-order valence-electron chi connectivity index (χ3n) is 2.62. The van der Waals surface area contributed by atoms with Gasteiger partial charge in [0.15, 0.2) is 6.10 Å². The fourth-order valence-corrected chi connectivity index (χ4v) is 1.50. The molecule has 0 aliphatic heterocycles. The molecule has 0 bridgehead atoms. The van der Waals surface area contributed by atoms with Gasteiger partial charge in [-0.25, -0.2) is 4.79 Å². The lowest BCUT2D eigenvalue weighted by Gasteiger charge is -2.12. The maximum atomic E-state index is 12.0. The maximum absolute atomic E-state index is 12.0. The summed E-state index contributed by atoms with van der Waals surface area (Å²) in [5, 5.41) is 11.3. The summed E-state index contributed by atoms with van der Waals surface area (Å²) in [4.78, 5) is 22.7. The highest BCUT2D eigenvalue weighted by atomic mass is 16.5. The third-order valence-corrected chi connectivity index (χ3v) is 2.62. The first kappa shape index (κ1) is 15.8. The Kier molecular flexibility index (Phi) is 5.79. The topological polar surface area (TPSA) is 94.1 Å². The Bertz CT molecular complexity index is 465. The molecule has 0 spiro atoms. The van der Waals surface area contributed by atoms with Gasteiger partial charge in [0.05, 0.1) is 20.8 Å². The fraction of sp³-hybridized carbons (Fsp3) is 0.385. The van der Waals surface area contributed by atoms with Gasteiger partial charge in [-0.2, -0.15) is 0 Å². The van der Waals surface area contributed by atoms with Gasteiger partial charge in [0.1, 0.15) is 11.5 Å². The van der Waals surface area contributed by atoms with E-state index in [1.54, 1.807) is 6.07 Å². The van der Waals surface area contributed by atoms with Gasteiger partial charge < -0.3 is 24.6 Å². The van der Waals surface area contributed by atoms with Crippen LogP contribution < -0.4 is 14.8 Å². The largest absolute Gasteiger partial charge is 0.497 e. The molecule has 0 heterocycles. The summed E-state index contributed by atoms with van der Waals surface area (Å²) in [6.07, 6.45) is -1.09. The van der Waals surface area contributed by atoms with Crippen LogP contribution in [0.2, 0.25) is 0 Å². The second kappa shape index (κ2) is 7.34. The Hall–Kier alpha value is -2.28. The van der Waals surface area contributed by atoms with Crippen molar-refractivity contribution in [3.8, 4) is 11.5 Å². The van der Waals surface area contributed by atoms with E-state index in [0.717, 1.165) is 0 Å². The monoisotopic (exact) mass is 283 g/mol. The quantitative estimate of drug-likeness (QED) is 0.758. The zero-order valence-electron chi connectivity index (χ0n) is 11.5. The van der Waals surface area contributed by atoms with E-state index in [4.69, 9.17) is 19.3 Å². The van der Waals surface area contributed by atoms with E-state index in [1.807, 2.05) is 0 Å². The number of benzene rings is 1. The molecule has 1 amide bonds. The van der Waals surface area contributed by atoms with Gasteiger partial charge >= 0.3 is 5.97 Å². The highest BCUT2D eigenvalue weighted by Crippen LogP contribution is 2.22. The van der Waals surface area contributed by atoms with Crippen LogP contribution in [0.25, 0.3) is 0 Å². The number of carboxylic acids is 1. The predicted octanol–water partition coefficient (Wildman–Crippen LogP) is 0.533. The molecule has 1 aromatic carbocycles. The number of hydrogen-bond donors (Lipinski definition) is 2. The van der Waals surface area contributed by atoms with E-state index in [-0.39, 0.29) is 6.54 Å². The summed E-state index contributed by atoms with van der Waals surface area (Å²) < 4.78 is 14.8. The first-order chi connectivity index (χ1) is 9.51. The molecule has 0 aliphatic rings. The highest BCUT2D eigenvalue weighted by Gasteiger charge is 2.18. The van der Waals surface area contributed by atoms with Crippen LogP contribution in [0.4, 0.5) is 0 Å². The van der Waals surface area contributed by atoms with Crippen LogP contribution in [0.1, 0.15) is 10.4 Å². The number of methoxy groups -OCH3 is 3.